The lowest BCUT2D eigenvalue weighted by atomic mass is 10.2. The van der Waals surface area contributed by atoms with Crippen LogP contribution in [0.15, 0.2) is 12.8 Å². The number of unbranched alkanes of at least 4 members (excludes halogenated alkanes) is 3. The number of hydrogen-bond donors (Lipinski definition) is 0. The average molecular weight is 651 g/mol. The highest BCUT2D eigenvalue weighted by Crippen LogP contribution is 2.02. The van der Waals surface area contributed by atoms with E-state index < -0.39 is 0 Å². The Morgan fingerprint density at radius 3 is 0.919 bits per heavy atom. The molecule has 0 saturated carbocycles. The predicted molar refractivity (Wildman–Crippen MR) is 151 cm³/mol. The Labute approximate surface area is 238 Å². The van der Waals surface area contributed by atoms with Crippen LogP contribution in [0.3, 0.4) is 0 Å². The molecule has 0 aromatic rings. The van der Waals surface area contributed by atoms with Crippen molar-refractivity contribution in [3.63, 3.8) is 0 Å². The smallest absolute Gasteiger partial charge is 0.111 e. The Morgan fingerprint density at radius 2 is 0.622 bits per heavy atom. The second-order valence-corrected chi connectivity index (χ2v) is 8.73. The third kappa shape index (κ3) is 35.9. The molecule has 0 aromatic heterocycles. The van der Waals surface area contributed by atoms with Gasteiger partial charge in [0, 0.05) is 6.61 Å². The lowest BCUT2D eigenvalue weighted by molar-refractivity contribution is -0.0256. The second kappa shape index (κ2) is 35.9. The van der Waals surface area contributed by atoms with Gasteiger partial charge in [-0.15, -0.1) is 0 Å². The molecule has 0 aliphatic rings. The SMILES string of the molecule is C=COCCOCCOCCOCCOCCOCCOCCOCCOCCOCCCCCCI. The highest BCUT2D eigenvalue weighted by molar-refractivity contribution is 14.1. The molecule has 11 heteroatoms. The van der Waals surface area contributed by atoms with E-state index in [-0.39, 0.29) is 0 Å². The van der Waals surface area contributed by atoms with Gasteiger partial charge in [-0.25, -0.2) is 0 Å². The van der Waals surface area contributed by atoms with Crippen molar-refractivity contribution in [1.82, 2.24) is 0 Å². The Balaban J connectivity index is 3.01. The first-order chi connectivity index (χ1) is 18.4. The molecule has 0 radical (unpaired) electrons. The molecule has 0 saturated heterocycles. The van der Waals surface area contributed by atoms with Gasteiger partial charge in [0.2, 0.25) is 0 Å². The van der Waals surface area contributed by atoms with Crippen LogP contribution in [-0.4, -0.2) is 130 Å². The highest BCUT2D eigenvalue weighted by atomic mass is 127. The van der Waals surface area contributed by atoms with Crippen LogP contribution in [0.1, 0.15) is 25.7 Å². The monoisotopic (exact) mass is 650 g/mol. The van der Waals surface area contributed by atoms with Gasteiger partial charge in [-0.05, 0) is 17.3 Å². The molecule has 0 rings (SSSR count). The lowest BCUT2D eigenvalue weighted by Crippen LogP contribution is -2.15. The average Bonchev–Trinajstić information content (AvgIpc) is 2.91. The van der Waals surface area contributed by atoms with Crippen LogP contribution in [0.4, 0.5) is 0 Å². The Bertz CT molecular complexity index is 421. The molecule has 0 aromatic carbocycles. The van der Waals surface area contributed by atoms with Crippen molar-refractivity contribution < 1.29 is 47.4 Å². The van der Waals surface area contributed by atoms with Gasteiger partial charge in [0.05, 0.1) is 119 Å². The zero-order valence-corrected chi connectivity index (χ0v) is 24.9. The number of hydrogen-bond acceptors (Lipinski definition) is 10. The lowest BCUT2D eigenvalue weighted by Gasteiger charge is -2.09. The van der Waals surface area contributed by atoms with Crippen LogP contribution in [0.2, 0.25) is 0 Å². The number of ether oxygens (including phenoxy) is 10. The van der Waals surface area contributed by atoms with E-state index in [1.165, 1.54) is 30.0 Å². The Kier molecular flexibility index (Phi) is 35.8. The molecule has 0 unspecified atom stereocenters. The van der Waals surface area contributed by atoms with Crippen molar-refractivity contribution in [2.24, 2.45) is 0 Å². The summed E-state index contributed by atoms with van der Waals surface area (Å²) >= 11 is 2.42. The topological polar surface area (TPSA) is 92.3 Å². The van der Waals surface area contributed by atoms with Crippen molar-refractivity contribution in [2.45, 2.75) is 25.7 Å². The maximum Gasteiger partial charge on any atom is 0.111 e. The van der Waals surface area contributed by atoms with E-state index in [0.717, 1.165) is 13.0 Å². The molecule has 0 N–H and O–H groups in total. The molecule has 0 aliphatic heterocycles. The van der Waals surface area contributed by atoms with E-state index in [9.17, 15) is 0 Å². The first-order valence-corrected chi connectivity index (χ1v) is 14.9. The number of halogens is 1. The molecule has 10 nitrogen and oxygen atoms in total. The van der Waals surface area contributed by atoms with E-state index in [2.05, 4.69) is 29.2 Å². The molecular formula is C26H51IO10. The highest BCUT2D eigenvalue weighted by Gasteiger charge is 1.96. The molecular weight excluding hydrogens is 599 g/mol. The van der Waals surface area contributed by atoms with Crippen LogP contribution < -0.4 is 0 Å². The summed E-state index contributed by atoms with van der Waals surface area (Å²) < 4.78 is 55.2. The van der Waals surface area contributed by atoms with E-state index in [1.807, 2.05) is 0 Å². The maximum absolute atomic E-state index is 5.55. The number of rotatable bonds is 34. The van der Waals surface area contributed by atoms with E-state index in [4.69, 9.17) is 47.4 Å². The molecule has 37 heavy (non-hydrogen) atoms. The fraction of sp³-hybridized carbons (Fsp3) is 0.923. The van der Waals surface area contributed by atoms with E-state index >= 15 is 0 Å². The summed E-state index contributed by atoms with van der Waals surface area (Å²) in [5, 5.41) is 0. The van der Waals surface area contributed by atoms with E-state index in [0.29, 0.717) is 119 Å². The third-order valence-corrected chi connectivity index (χ3v) is 5.37. The summed E-state index contributed by atoms with van der Waals surface area (Å²) in [7, 11) is 0. The largest absolute Gasteiger partial charge is 0.499 e. The molecule has 0 amide bonds. The van der Waals surface area contributed by atoms with Gasteiger partial charge in [0.1, 0.15) is 6.61 Å². The van der Waals surface area contributed by atoms with Crippen LogP contribution >= 0.6 is 22.6 Å². The summed E-state index contributed by atoms with van der Waals surface area (Å²) in [5.41, 5.74) is 0. The van der Waals surface area contributed by atoms with Gasteiger partial charge < -0.3 is 47.4 Å². The van der Waals surface area contributed by atoms with Crippen molar-refractivity contribution in [2.75, 3.05) is 130 Å². The normalized spacial score (nSPS) is 11.3. The van der Waals surface area contributed by atoms with Crippen LogP contribution in [-0.2, 0) is 47.4 Å². The van der Waals surface area contributed by atoms with Gasteiger partial charge in [0.25, 0.3) is 0 Å². The maximum atomic E-state index is 5.55. The summed E-state index contributed by atoms with van der Waals surface area (Å²) in [5.74, 6) is 0. The summed E-state index contributed by atoms with van der Waals surface area (Å²) in [6, 6.07) is 0. The van der Waals surface area contributed by atoms with Crippen molar-refractivity contribution in [1.29, 1.82) is 0 Å². The molecule has 222 valence electrons. The second-order valence-electron chi connectivity index (χ2n) is 7.65. The van der Waals surface area contributed by atoms with Gasteiger partial charge >= 0.3 is 0 Å². The quantitative estimate of drug-likeness (QED) is 0.0448. The summed E-state index contributed by atoms with van der Waals surface area (Å²) in [6.45, 7) is 14.1. The number of alkyl halides is 1. The van der Waals surface area contributed by atoms with Gasteiger partial charge in [-0.3, -0.25) is 0 Å². The van der Waals surface area contributed by atoms with E-state index in [1.54, 1.807) is 0 Å². The summed E-state index contributed by atoms with van der Waals surface area (Å²) in [4.78, 5) is 0. The first kappa shape index (κ1) is 36.9. The molecule has 0 atom stereocenters. The molecule has 0 spiro atoms. The van der Waals surface area contributed by atoms with Crippen molar-refractivity contribution in [3.05, 3.63) is 12.8 Å². The first-order valence-electron chi connectivity index (χ1n) is 13.4. The van der Waals surface area contributed by atoms with Gasteiger partial charge in [0.15, 0.2) is 0 Å². The zero-order valence-electron chi connectivity index (χ0n) is 22.7. The van der Waals surface area contributed by atoms with Crippen molar-refractivity contribution >= 4 is 22.6 Å². The van der Waals surface area contributed by atoms with Crippen molar-refractivity contribution in [3.8, 4) is 0 Å². The van der Waals surface area contributed by atoms with Crippen LogP contribution in [0.25, 0.3) is 0 Å². The Hall–Kier alpha value is -0.0900. The van der Waals surface area contributed by atoms with Crippen LogP contribution in [0, 0.1) is 0 Å². The van der Waals surface area contributed by atoms with Crippen LogP contribution in [0.5, 0.6) is 0 Å². The zero-order chi connectivity index (χ0) is 26.7. The van der Waals surface area contributed by atoms with Gasteiger partial charge in [-0.1, -0.05) is 42.0 Å². The third-order valence-electron chi connectivity index (χ3n) is 4.61. The molecule has 0 fully saturated rings. The minimum absolute atomic E-state index is 0.508. The molecule has 0 aliphatic carbocycles. The van der Waals surface area contributed by atoms with Gasteiger partial charge in [-0.2, -0.15) is 0 Å². The fourth-order valence-corrected chi connectivity index (χ4v) is 3.24. The molecule has 0 heterocycles. The minimum Gasteiger partial charge on any atom is -0.499 e. The Morgan fingerprint density at radius 1 is 0.351 bits per heavy atom. The molecule has 0 bridgehead atoms. The minimum atomic E-state index is 0.508. The standard InChI is InChI=1S/C26H51IO10/c1-2-28-9-10-30-13-14-32-17-18-34-21-22-36-25-26-37-24-23-35-20-19-33-16-15-31-12-11-29-8-6-4-3-5-7-27/h2H,1,3-26H2. The predicted octanol–water partition coefficient (Wildman–Crippen LogP) is 3.29. The summed E-state index contributed by atoms with van der Waals surface area (Å²) in [6.07, 6.45) is 6.39. The fourth-order valence-electron chi connectivity index (χ4n) is 2.70.